The van der Waals surface area contributed by atoms with Crippen molar-refractivity contribution in [3.05, 3.63) is 199 Å². The fourth-order valence-electron chi connectivity index (χ4n) is 11.4. The Hall–Kier alpha value is -6.27. The van der Waals surface area contributed by atoms with Crippen LogP contribution >= 0.6 is 21.4 Å². The van der Waals surface area contributed by atoms with Crippen molar-refractivity contribution >= 4 is 88.0 Å². The van der Waals surface area contributed by atoms with Crippen LogP contribution in [0.15, 0.2) is 202 Å². The van der Waals surface area contributed by atoms with Gasteiger partial charge in [-0.15, -0.1) is 21.4 Å². The minimum Gasteiger partial charge on any atom is -0.310 e. The highest BCUT2D eigenvalue weighted by molar-refractivity contribution is 8.34. The molecule has 0 saturated carbocycles. The van der Waals surface area contributed by atoms with Crippen LogP contribution in [0.3, 0.4) is 0 Å². The standard InChI is InChI=1S/C57H45BN2S2/c1-56(2,3)36-30-32-37(33-31-36)59-47-26-17-27-48-52(47)58(55-53(59)42-34-41-40-22-12-13-23-43(40)57(4,5)44(41)35-49(42)61-55)45-24-16-29-51-54(45)60(48)46-25-14-15-28-50(46)62(51,38-18-8-6-9-19-38)39-20-10-7-11-21-39/h6-35H,1-5H3. The van der Waals surface area contributed by atoms with Crippen molar-refractivity contribution in [1.29, 1.82) is 0 Å². The Morgan fingerprint density at radius 1 is 0.532 bits per heavy atom. The van der Waals surface area contributed by atoms with Gasteiger partial charge in [0.15, 0.2) is 0 Å². The van der Waals surface area contributed by atoms with E-state index in [1.54, 1.807) is 0 Å². The van der Waals surface area contributed by atoms with E-state index >= 15 is 0 Å². The monoisotopic (exact) mass is 832 g/mol. The number of hydrogen-bond donors (Lipinski definition) is 0. The summed E-state index contributed by atoms with van der Waals surface area (Å²) < 4.78 is 2.77. The lowest BCUT2D eigenvalue weighted by Gasteiger charge is -2.53. The number of thiophene rings is 1. The molecule has 8 aromatic carbocycles. The zero-order valence-electron chi connectivity index (χ0n) is 35.6. The van der Waals surface area contributed by atoms with Gasteiger partial charge in [-0.25, -0.2) is 0 Å². The maximum Gasteiger partial charge on any atom is 0.264 e. The van der Waals surface area contributed by atoms with Crippen molar-refractivity contribution in [3.63, 3.8) is 0 Å². The van der Waals surface area contributed by atoms with Crippen molar-refractivity contribution in [2.45, 2.75) is 65.0 Å². The quantitative estimate of drug-likeness (QED) is 0.164. The van der Waals surface area contributed by atoms with Crippen molar-refractivity contribution in [3.8, 4) is 11.1 Å². The Kier molecular flexibility index (Phi) is 7.43. The fourth-order valence-corrected chi connectivity index (χ4v) is 17.0. The van der Waals surface area contributed by atoms with Gasteiger partial charge in [-0.05, 0) is 123 Å². The Morgan fingerprint density at radius 2 is 1.15 bits per heavy atom. The summed E-state index contributed by atoms with van der Waals surface area (Å²) in [4.78, 5) is 10.8. The molecule has 13 rings (SSSR count). The van der Waals surface area contributed by atoms with E-state index in [0.29, 0.717) is 0 Å². The maximum absolute atomic E-state index is 2.64. The van der Waals surface area contributed by atoms with Crippen molar-refractivity contribution in [1.82, 2.24) is 0 Å². The van der Waals surface area contributed by atoms with E-state index in [0.717, 1.165) is 0 Å². The first-order chi connectivity index (χ1) is 30.2. The molecule has 0 radical (unpaired) electrons. The van der Waals surface area contributed by atoms with Crippen molar-refractivity contribution in [2.75, 3.05) is 9.80 Å². The molecule has 4 heterocycles. The van der Waals surface area contributed by atoms with Gasteiger partial charge in [0.1, 0.15) is 0 Å². The minimum absolute atomic E-state index is 0.0499. The predicted molar refractivity (Wildman–Crippen MR) is 266 cm³/mol. The lowest BCUT2D eigenvalue weighted by atomic mass is 9.36. The molecule has 5 heteroatoms. The summed E-state index contributed by atoms with van der Waals surface area (Å²) in [6.45, 7) is 11.8. The first-order valence-electron chi connectivity index (χ1n) is 21.9. The average molecular weight is 833 g/mol. The van der Waals surface area contributed by atoms with Gasteiger partial charge < -0.3 is 9.80 Å². The van der Waals surface area contributed by atoms with Crippen LogP contribution in [-0.4, -0.2) is 6.71 Å². The molecule has 0 atom stereocenters. The number of nitrogens with zero attached hydrogens (tertiary/aromatic N) is 2. The molecule has 0 amide bonds. The largest absolute Gasteiger partial charge is 0.310 e. The molecule has 1 aliphatic carbocycles. The summed E-state index contributed by atoms with van der Waals surface area (Å²) in [6, 6.07) is 69.9. The summed E-state index contributed by atoms with van der Waals surface area (Å²) in [5.74, 6) is 0. The Morgan fingerprint density at radius 3 is 1.87 bits per heavy atom. The van der Waals surface area contributed by atoms with Crippen LogP contribution < -0.4 is 25.5 Å². The van der Waals surface area contributed by atoms with E-state index in [1.807, 2.05) is 11.3 Å². The van der Waals surface area contributed by atoms with Gasteiger partial charge in [0, 0.05) is 56.9 Å². The smallest absolute Gasteiger partial charge is 0.264 e. The normalized spacial score (nSPS) is 16.2. The van der Waals surface area contributed by atoms with Gasteiger partial charge in [0.25, 0.3) is 6.71 Å². The van der Waals surface area contributed by atoms with Crippen LogP contribution in [0.25, 0.3) is 21.2 Å². The molecule has 4 aliphatic rings. The highest BCUT2D eigenvalue weighted by Crippen LogP contribution is 2.79. The summed E-state index contributed by atoms with van der Waals surface area (Å²) in [5, 5.41) is 1.33. The highest BCUT2D eigenvalue weighted by Gasteiger charge is 2.51. The van der Waals surface area contributed by atoms with Crippen molar-refractivity contribution in [2.24, 2.45) is 0 Å². The topological polar surface area (TPSA) is 6.48 Å². The Labute approximate surface area is 370 Å². The summed E-state index contributed by atoms with van der Waals surface area (Å²) in [5.41, 5.74) is 17.3. The van der Waals surface area contributed by atoms with Gasteiger partial charge >= 0.3 is 0 Å². The minimum atomic E-state index is -1.90. The molecule has 0 saturated heterocycles. The number of hydrogen-bond acceptors (Lipinski definition) is 3. The first-order valence-corrected chi connectivity index (χ1v) is 24.3. The predicted octanol–water partition coefficient (Wildman–Crippen LogP) is 14.2. The van der Waals surface area contributed by atoms with Gasteiger partial charge in [-0.3, -0.25) is 0 Å². The van der Waals surface area contributed by atoms with Gasteiger partial charge in [-0.1, -0.05) is 138 Å². The summed E-state index contributed by atoms with van der Waals surface area (Å²) in [6.07, 6.45) is 0. The van der Waals surface area contributed by atoms with Crippen LogP contribution in [0.4, 0.5) is 34.1 Å². The van der Waals surface area contributed by atoms with Crippen LogP contribution in [0.2, 0.25) is 0 Å². The molecule has 0 bridgehead atoms. The lowest BCUT2D eigenvalue weighted by molar-refractivity contribution is 0.590. The molecule has 1 aromatic heterocycles. The average Bonchev–Trinajstić information content (AvgIpc) is 3.78. The number of fused-ring (bicyclic) bond motifs is 11. The molecule has 0 spiro atoms. The second-order valence-electron chi connectivity index (χ2n) is 18.9. The van der Waals surface area contributed by atoms with E-state index in [2.05, 4.69) is 226 Å². The van der Waals surface area contributed by atoms with Crippen LogP contribution in [-0.2, 0) is 10.8 Å². The van der Waals surface area contributed by atoms with Crippen LogP contribution in [0, 0.1) is 0 Å². The second kappa shape index (κ2) is 12.7. The SMILES string of the molecule is CC(C)(C)c1ccc(N2c3cccc4c3B(c3cccc5c3N4c3ccccc3S5(c3ccccc3)c3ccccc3)c3sc4cc5c(cc4c32)-c2ccccc2C5(C)C)cc1. The zero-order chi connectivity index (χ0) is 41.7. The molecule has 0 fully saturated rings. The van der Waals surface area contributed by atoms with E-state index in [1.165, 1.54) is 107 Å². The maximum atomic E-state index is 2.64. The second-order valence-corrected chi connectivity index (χ2v) is 23.0. The van der Waals surface area contributed by atoms with E-state index < -0.39 is 10.0 Å². The molecule has 2 nitrogen and oxygen atoms in total. The van der Waals surface area contributed by atoms with Crippen LogP contribution in [0.1, 0.15) is 51.3 Å². The molecular weight excluding hydrogens is 788 g/mol. The molecular formula is C57H45BN2S2. The van der Waals surface area contributed by atoms with E-state index in [4.69, 9.17) is 0 Å². The molecule has 3 aliphatic heterocycles. The summed E-state index contributed by atoms with van der Waals surface area (Å²) in [7, 11) is -1.90. The molecule has 298 valence electrons. The van der Waals surface area contributed by atoms with Gasteiger partial charge in [-0.2, -0.15) is 0 Å². The lowest BCUT2D eigenvalue weighted by Crippen LogP contribution is -2.61. The third-order valence-electron chi connectivity index (χ3n) is 14.2. The van der Waals surface area contributed by atoms with E-state index in [9.17, 15) is 0 Å². The Bertz CT molecular complexity index is 3290. The third-order valence-corrected chi connectivity index (χ3v) is 19.4. The Balaban J connectivity index is 1.15. The number of anilines is 6. The number of para-hydroxylation sites is 2. The molecule has 0 unspecified atom stereocenters. The van der Waals surface area contributed by atoms with Gasteiger partial charge in [0.05, 0.1) is 17.1 Å². The van der Waals surface area contributed by atoms with Crippen molar-refractivity contribution < 1.29 is 0 Å². The third kappa shape index (κ3) is 4.63. The molecule has 0 N–H and O–H groups in total. The number of benzene rings is 8. The fraction of sp³-hybridized carbons (Fsp3) is 0.123. The van der Waals surface area contributed by atoms with Gasteiger partial charge in [0.2, 0.25) is 0 Å². The molecule has 9 aromatic rings. The summed E-state index contributed by atoms with van der Waals surface area (Å²) >= 11 is 2.01. The number of rotatable bonds is 3. The highest BCUT2D eigenvalue weighted by atomic mass is 32.3. The zero-order valence-corrected chi connectivity index (χ0v) is 37.2. The first kappa shape index (κ1) is 36.4. The van der Waals surface area contributed by atoms with Crippen LogP contribution in [0.5, 0.6) is 0 Å². The van der Waals surface area contributed by atoms with E-state index in [-0.39, 0.29) is 17.5 Å². The molecule has 62 heavy (non-hydrogen) atoms.